The fourth-order valence-electron chi connectivity index (χ4n) is 0.539. The lowest BCUT2D eigenvalue weighted by molar-refractivity contribution is 0.283. The SMILES string of the molecule is CCCCCCO.[Br][Mg][Br]. The van der Waals surface area contributed by atoms with Crippen LogP contribution in [0.4, 0.5) is 0 Å². The zero-order valence-electron chi connectivity index (χ0n) is 6.45. The van der Waals surface area contributed by atoms with E-state index in [0.717, 1.165) is 6.42 Å². The monoisotopic (exact) mass is 284 g/mol. The summed E-state index contributed by atoms with van der Waals surface area (Å²) < 4.78 is 0. The second-order valence-electron chi connectivity index (χ2n) is 1.89. The highest BCUT2D eigenvalue weighted by atomic mass is 79.9. The maximum atomic E-state index is 8.29. The van der Waals surface area contributed by atoms with E-state index in [1.807, 2.05) is 0 Å². The summed E-state index contributed by atoms with van der Waals surface area (Å²) in [5.74, 6) is 0. The lowest BCUT2D eigenvalue weighted by Gasteiger charge is -1.90. The van der Waals surface area contributed by atoms with Crippen molar-refractivity contribution >= 4 is 41.8 Å². The Labute approximate surface area is 85.4 Å². The number of aliphatic hydroxyl groups is 1. The number of hydrogen-bond donors (Lipinski definition) is 1. The van der Waals surface area contributed by atoms with Crippen LogP contribution >= 0.6 is 25.8 Å². The summed E-state index contributed by atoms with van der Waals surface area (Å²) in [6, 6.07) is 0. The van der Waals surface area contributed by atoms with Crippen LogP contribution in [0.25, 0.3) is 0 Å². The van der Waals surface area contributed by atoms with E-state index in [0.29, 0.717) is 6.61 Å². The van der Waals surface area contributed by atoms with Crippen molar-refractivity contribution in [1.82, 2.24) is 0 Å². The van der Waals surface area contributed by atoms with Gasteiger partial charge in [0.1, 0.15) is 0 Å². The molecule has 1 N–H and O–H groups in total. The minimum absolute atomic E-state index is 0.0417. The first kappa shape index (κ1) is 14.2. The van der Waals surface area contributed by atoms with Gasteiger partial charge in [-0.3, -0.25) is 25.8 Å². The van der Waals surface area contributed by atoms with E-state index in [9.17, 15) is 0 Å². The van der Waals surface area contributed by atoms with Crippen LogP contribution in [-0.4, -0.2) is 27.7 Å². The molecule has 0 radical (unpaired) electrons. The fraction of sp³-hybridized carbons (Fsp3) is 1.00. The molecule has 0 aliphatic carbocycles. The zero-order valence-corrected chi connectivity index (χ0v) is 11.0. The van der Waals surface area contributed by atoms with Gasteiger partial charge in [0.25, 0.3) is 0 Å². The molecule has 0 unspecified atom stereocenters. The van der Waals surface area contributed by atoms with Gasteiger partial charge < -0.3 is 5.11 Å². The van der Waals surface area contributed by atoms with Gasteiger partial charge in [-0.2, -0.15) is 0 Å². The Morgan fingerprint density at radius 2 is 1.70 bits per heavy atom. The Bertz CT molecular complexity index is 42.7. The fourth-order valence-corrected chi connectivity index (χ4v) is 0.539. The highest BCUT2D eigenvalue weighted by Crippen LogP contribution is 1.95. The van der Waals surface area contributed by atoms with Crippen LogP contribution in [0.15, 0.2) is 0 Å². The average molecular weight is 286 g/mol. The van der Waals surface area contributed by atoms with Gasteiger partial charge >= 0.3 is 16.0 Å². The lowest BCUT2D eigenvalue weighted by atomic mass is 10.2. The molecule has 0 fully saturated rings. The highest BCUT2D eigenvalue weighted by Gasteiger charge is 1.80. The number of rotatable bonds is 4. The van der Waals surface area contributed by atoms with E-state index in [-0.39, 0.29) is 16.0 Å². The van der Waals surface area contributed by atoms with Gasteiger partial charge in [0.15, 0.2) is 0 Å². The Morgan fingerprint density at radius 1 is 1.20 bits per heavy atom. The Morgan fingerprint density at radius 3 is 2.00 bits per heavy atom. The first-order chi connectivity index (χ1) is 4.83. The van der Waals surface area contributed by atoms with Crippen molar-refractivity contribution in [2.45, 2.75) is 32.6 Å². The van der Waals surface area contributed by atoms with Gasteiger partial charge in [-0.15, -0.1) is 0 Å². The minimum Gasteiger partial charge on any atom is -0.396 e. The van der Waals surface area contributed by atoms with Gasteiger partial charge in [-0.05, 0) is 6.42 Å². The first-order valence-corrected chi connectivity index (χ1v) is 11.4. The average Bonchev–Trinajstić information content (AvgIpc) is 1.91. The molecule has 1 nitrogen and oxygen atoms in total. The molecule has 0 saturated heterocycles. The number of aliphatic hydroxyl groups excluding tert-OH is 1. The quantitative estimate of drug-likeness (QED) is 0.622. The second kappa shape index (κ2) is 17.0. The van der Waals surface area contributed by atoms with Crippen molar-refractivity contribution < 1.29 is 5.11 Å². The van der Waals surface area contributed by atoms with Gasteiger partial charge in [0.2, 0.25) is 0 Å². The molecule has 0 atom stereocenters. The van der Waals surface area contributed by atoms with E-state index in [4.69, 9.17) is 5.11 Å². The Hall–Kier alpha value is 1.69. The lowest BCUT2D eigenvalue weighted by Crippen LogP contribution is -1.80. The smallest absolute Gasteiger partial charge is 0.396 e. The number of hydrogen-bond acceptors (Lipinski definition) is 1. The first-order valence-electron chi connectivity index (χ1n) is 3.56. The normalized spacial score (nSPS) is 7.60. The summed E-state index contributed by atoms with van der Waals surface area (Å²) in [6.07, 6.45) is 4.68. The van der Waals surface area contributed by atoms with Crippen LogP contribution in [0.5, 0.6) is 0 Å². The largest absolute Gasteiger partial charge is 0.560 e. The van der Waals surface area contributed by atoms with Crippen molar-refractivity contribution in [2.75, 3.05) is 6.61 Å². The molecule has 10 heavy (non-hydrogen) atoms. The van der Waals surface area contributed by atoms with Crippen molar-refractivity contribution in [3.8, 4) is 0 Å². The molecule has 0 aromatic carbocycles. The van der Waals surface area contributed by atoms with Crippen LogP contribution in [0.2, 0.25) is 0 Å². The third kappa shape index (κ3) is 22.6. The number of unbranched alkanes of at least 4 members (excludes halogenated alkanes) is 3. The van der Waals surface area contributed by atoms with Crippen LogP contribution in [0.3, 0.4) is 0 Å². The molecule has 0 bridgehead atoms. The Balaban J connectivity index is 0. The molecule has 0 amide bonds. The van der Waals surface area contributed by atoms with Gasteiger partial charge in [-0.25, -0.2) is 0 Å². The zero-order chi connectivity index (χ0) is 8.24. The molecule has 0 saturated carbocycles. The van der Waals surface area contributed by atoms with Crippen LogP contribution in [-0.2, 0) is 0 Å². The van der Waals surface area contributed by atoms with Crippen molar-refractivity contribution in [3.63, 3.8) is 0 Å². The van der Waals surface area contributed by atoms with Gasteiger partial charge in [0.05, 0.1) is 0 Å². The summed E-state index contributed by atoms with van der Waals surface area (Å²) in [7, 11) is 0. The Kier molecular flexibility index (Phi) is 24.1. The van der Waals surface area contributed by atoms with E-state index >= 15 is 0 Å². The molecule has 0 aliphatic rings. The van der Waals surface area contributed by atoms with Crippen LogP contribution < -0.4 is 0 Å². The maximum absolute atomic E-state index is 8.29. The number of halogens is 2. The van der Waals surface area contributed by atoms with Crippen molar-refractivity contribution in [2.24, 2.45) is 0 Å². The third-order valence-corrected chi connectivity index (χ3v) is 1.01. The topological polar surface area (TPSA) is 20.2 Å². The molecular formula is C6H14Br2MgO. The second-order valence-corrected chi connectivity index (χ2v) is 9.97. The van der Waals surface area contributed by atoms with Gasteiger partial charge in [-0.1, -0.05) is 26.2 Å². The molecule has 4 heteroatoms. The third-order valence-electron chi connectivity index (χ3n) is 1.01. The molecular weight excluding hydrogens is 272 g/mol. The summed E-state index contributed by atoms with van der Waals surface area (Å²) in [6.45, 7) is 2.53. The van der Waals surface area contributed by atoms with Crippen molar-refractivity contribution in [1.29, 1.82) is 0 Å². The maximum Gasteiger partial charge on any atom is 0.560 e. The van der Waals surface area contributed by atoms with Crippen LogP contribution in [0.1, 0.15) is 32.6 Å². The summed E-state index contributed by atoms with van der Waals surface area (Å²) in [5, 5.41) is 8.29. The summed E-state index contributed by atoms with van der Waals surface area (Å²) >= 11 is 6.44. The predicted molar refractivity (Wildman–Crippen MR) is 54.8 cm³/mol. The van der Waals surface area contributed by atoms with E-state index in [2.05, 4.69) is 32.7 Å². The molecule has 0 aromatic rings. The van der Waals surface area contributed by atoms with Gasteiger partial charge in [0, 0.05) is 6.61 Å². The summed E-state index contributed by atoms with van der Waals surface area (Å²) in [4.78, 5) is 0. The summed E-state index contributed by atoms with van der Waals surface area (Å²) in [5.41, 5.74) is 0. The molecule has 60 valence electrons. The molecule has 0 heterocycles. The van der Waals surface area contributed by atoms with E-state index in [1.165, 1.54) is 19.3 Å². The van der Waals surface area contributed by atoms with E-state index < -0.39 is 0 Å². The predicted octanol–water partition coefficient (Wildman–Crippen LogP) is 2.87. The molecule has 0 aliphatic heterocycles. The molecule has 0 rings (SSSR count). The minimum atomic E-state index is 0.0417. The highest BCUT2D eigenvalue weighted by molar-refractivity contribution is 9.47. The van der Waals surface area contributed by atoms with Crippen molar-refractivity contribution in [3.05, 3.63) is 0 Å². The standard InChI is InChI=1S/C6H14O.2BrH.Mg/c1-2-3-4-5-6-7;;;/h7H,2-6H2,1H3;2*1H;/q;;;+2/p-2. The molecule has 0 spiro atoms. The molecule has 0 aromatic heterocycles. The van der Waals surface area contributed by atoms with E-state index in [1.54, 1.807) is 0 Å². The van der Waals surface area contributed by atoms with Crippen LogP contribution in [0, 0.1) is 0 Å².